The van der Waals surface area contributed by atoms with Crippen molar-refractivity contribution in [2.75, 3.05) is 37.6 Å². The zero-order valence-corrected chi connectivity index (χ0v) is 30.7. The van der Waals surface area contributed by atoms with Crippen LogP contribution in [0, 0.1) is 5.41 Å². The number of imide groups is 2. The summed E-state index contributed by atoms with van der Waals surface area (Å²) >= 11 is 0. The predicted octanol–water partition coefficient (Wildman–Crippen LogP) is 5.34. The lowest BCUT2D eigenvalue weighted by atomic mass is 9.78. The molecule has 1 spiro atoms. The van der Waals surface area contributed by atoms with Gasteiger partial charge >= 0.3 is 0 Å². The van der Waals surface area contributed by atoms with E-state index in [0.717, 1.165) is 87.3 Å². The molecule has 0 aromatic heterocycles. The Kier molecular flexibility index (Phi) is 7.86. The lowest BCUT2D eigenvalue weighted by Gasteiger charge is -2.49. The number of anilines is 1. The molecule has 0 saturated carbocycles. The van der Waals surface area contributed by atoms with Gasteiger partial charge in [-0.25, -0.2) is 0 Å². The molecule has 3 fully saturated rings. The van der Waals surface area contributed by atoms with Gasteiger partial charge in [0.1, 0.15) is 11.8 Å². The second-order valence-electron chi connectivity index (χ2n) is 16.0. The molecule has 5 aromatic rings. The average Bonchev–Trinajstić information content (AvgIpc) is 3.88. The normalized spacial score (nSPS) is 20.1. The van der Waals surface area contributed by atoms with Crippen LogP contribution in [0.5, 0.6) is 5.75 Å². The van der Waals surface area contributed by atoms with Crippen LogP contribution in [0.1, 0.15) is 51.1 Å². The van der Waals surface area contributed by atoms with Gasteiger partial charge in [-0.1, -0.05) is 60.7 Å². The maximum atomic E-state index is 13.6. The molecule has 0 aliphatic carbocycles. The molecule has 5 aliphatic heterocycles. The number of fused-ring (bicyclic) bond motifs is 3. The average molecular weight is 746 g/mol. The number of rotatable bonds is 6. The molecule has 280 valence electrons. The fraction of sp³-hybridized carbons (Fsp3) is 0.267. The van der Waals surface area contributed by atoms with Crippen LogP contribution >= 0.6 is 0 Å². The number of likely N-dealkylation sites (tertiary alicyclic amines) is 1. The van der Waals surface area contributed by atoms with Crippen molar-refractivity contribution < 1.29 is 29.1 Å². The van der Waals surface area contributed by atoms with Crippen molar-refractivity contribution in [1.29, 1.82) is 0 Å². The summed E-state index contributed by atoms with van der Waals surface area (Å²) in [4.78, 5) is 71.7. The SMILES string of the molecule is O=C1CCC(N2C(=O)c3cc4c(cc3C2=O)CN(CC(=O)N2CCC3(C2)CN(c2ccc(-c5c(-c6ccccc6)ccc6cc(O)ccc56)cc2)C3)C4)C(=O)N1. The number of aromatic hydroxyl groups is 1. The van der Waals surface area contributed by atoms with Crippen LogP contribution in [-0.4, -0.2) is 88.1 Å². The number of hydrogen-bond donors (Lipinski definition) is 2. The van der Waals surface area contributed by atoms with Gasteiger partial charge in [0, 0.05) is 56.8 Å². The van der Waals surface area contributed by atoms with Gasteiger partial charge in [-0.2, -0.15) is 0 Å². The van der Waals surface area contributed by atoms with Crippen LogP contribution in [0.25, 0.3) is 33.0 Å². The number of carbonyl (C=O) groups excluding carboxylic acids is 5. The molecule has 2 N–H and O–H groups in total. The monoisotopic (exact) mass is 745 g/mol. The highest BCUT2D eigenvalue weighted by atomic mass is 16.3. The van der Waals surface area contributed by atoms with E-state index in [-0.39, 0.29) is 47.6 Å². The minimum absolute atomic E-state index is 0.0658. The maximum Gasteiger partial charge on any atom is 0.262 e. The molecule has 10 rings (SSSR count). The van der Waals surface area contributed by atoms with E-state index in [2.05, 4.69) is 63.6 Å². The number of carbonyl (C=O) groups is 5. The summed E-state index contributed by atoms with van der Waals surface area (Å²) in [6.45, 7) is 4.45. The first-order chi connectivity index (χ1) is 27.1. The summed E-state index contributed by atoms with van der Waals surface area (Å²) in [5.74, 6) is -1.74. The summed E-state index contributed by atoms with van der Waals surface area (Å²) in [6.07, 6.45) is 1.15. The van der Waals surface area contributed by atoms with E-state index in [4.69, 9.17) is 0 Å². The van der Waals surface area contributed by atoms with Crippen LogP contribution in [-0.2, 0) is 27.5 Å². The highest BCUT2D eigenvalue weighted by Gasteiger charge is 2.49. The van der Waals surface area contributed by atoms with E-state index in [9.17, 15) is 29.1 Å². The van der Waals surface area contributed by atoms with Gasteiger partial charge in [0.05, 0.1) is 17.7 Å². The molecule has 5 aromatic carbocycles. The van der Waals surface area contributed by atoms with Gasteiger partial charge < -0.3 is 14.9 Å². The predicted molar refractivity (Wildman–Crippen MR) is 210 cm³/mol. The second-order valence-corrected chi connectivity index (χ2v) is 16.0. The zero-order valence-electron chi connectivity index (χ0n) is 30.7. The smallest absolute Gasteiger partial charge is 0.262 e. The van der Waals surface area contributed by atoms with Gasteiger partial charge in [-0.3, -0.25) is 39.1 Å². The molecule has 5 amide bonds. The van der Waals surface area contributed by atoms with Crippen molar-refractivity contribution in [1.82, 2.24) is 20.0 Å². The van der Waals surface area contributed by atoms with Crippen molar-refractivity contribution in [3.8, 4) is 28.0 Å². The highest BCUT2D eigenvalue weighted by molar-refractivity contribution is 6.23. The van der Waals surface area contributed by atoms with Crippen LogP contribution in [0.2, 0.25) is 0 Å². The lowest BCUT2D eigenvalue weighted by Crippen LogP contribution is -2.58. The number of hydrogen-bond acceptors (Lipinski definition) is 8. The van der Waals surface area contributed by atoms with Gasteiger partial charge in [0.25, 0.3) is 11.8 Å². The Hall–Kier alpha value is -6.33. The summed E-state index contributed by atoms with van der Waals surface area (Å²) in [7, 11) is 0. The molecule has 3 saturated heterocycles. The Balaban J connectivity index is 0.775. The Labute approximate surface area is 323 Å². The highest BCUT2D eigenvalue weighted by Crippen LogP contribution is 2.44. The number of benzene rings is 5. The topological polar surface area (TPSA) is 131 Å². The van der Waals surface area contributed by atoms with Crippen LogP contribution in [0.15, 0.2) is 97.1 Å². The summed E-state index contributed by atoms with van der Waals surface area (Å²) < 4.78 is 0. The quantitative estimate of drug-likeness (QED) is 0.223. The molecule has 1 atom stereocenters. The van der Waals surface area contributed by atoms with Crippen LogP contribution < -0.4 is 10.2 Å². The van der Waals surface area contributed by atoms with Gasteiger partial charge in [-0.15, -0.1) is 0 Å². The van der Waals surface area contributed by atoms with Gasteiger partial charge in [0.15, 0.2) is 0 Å². The molecule has 56 heavy (non-hydrogen) atoms. The lowest BCUT2D eigenvalue weighted by molar-refractivity contribution is -0.136. The van der Waals surface area contributed by atoms with E-state index < -0.39 is 29.7 Å². The molecule has 5 heterocycles. The minimum atomic E-state index is -0.997. The molecular formula is C45H39N5O6. The molecule has 0 bridgehead atoms. The van der Waals surface area contributed by atoms with Crippen LogP contribution in [0.4, 0.5) is 5.69 Å². The fourth-order valence-corrected chi connectivity index (χ4v) is 9.52. The standard InChI is InChI=1S/C45H39N5O6/c51-33-11-13-35-29(18-33)8-12-34(27-4-2-1-3-5-27)41(35)28-6-9-32(10-7-28)49-25-45(26-49)16-17-48(24-45)40(53)23-47-21-30-19-36-37(20-31(30)22-47)44(56)50(43(36)55)38-14-15-39(52)46-42(38)54/h1-13,18-20,38,51H,14-17,21-26H2,(H,46,52,54). The third kappa shape index (κ3) is 5.64. The Morgan fingerprint density at radius 1 is 0.768 bits per heavy atom. The largest absolute Gasteiger partial charge is 0.508 e. The molecule has 1 unspecified atom stereocenters. The number of amides is 5. The van der Waals surface area contributed by atoms with Crippen molar-refractivity contribution in [3.63, 3.8) is 0 Å². The van der Waals surface area contributed by atoms with E-state index in [0.29, 0.717) is 13.1 Å². The first-order valence-electron chi connectivity index (χ1n) is 19.2. The molecule has 0 radical (unpaired) electrons. The number of nitrogens with zero attached hydrogens (tertiary/aromatic N) is 4. The Bertz CT molecular complexity index is 2470. The number of piperidine rings is 1. The van der Waals surface area contributed by atoms with E-state index in [1.165, 1.54) is 0 Å². The Morgan fingerprint density at radius 2 is 1.48 bits per heavy atom. The van der Waals surface area contributed by atoms with Crippen molar-refractivity contribution >= 4 is 46.0 Å². The fourth-order valence-electron chi connectivity index (χ4n) is 9.52. The molecule has 11 nitrogen and oxygen atoms in total. The summed E-state index contributed by atoms with van der Waals surface area (Å²) in [5.41, 5.74) is 8.07. The van der Waals surface area contributed by atoms with Crippen molar-refractivity contribution in [3.05, 3.63) is 119 Å². The Morgan fingerprint density at radius 3 is 2.18 bits per heavy atom. The van der Waals surface area contributed by atoms with Crippen molar-refractivity contribution in [2.24, 2.45) is 5.41 Å². The molecular weight excluding hydrogens is 707 g/mol. The van der Waals surface area contributed by atoms with Gasteiger partial charge in [-0.05, 0) is 93.4 Å². The molecule has 5 aliphatic rings. The number of phenolic OH excluding ortho intramolecular Hbond substituents is 1. The summed E-state index contributed by atoms with van der Waals surface area (Å²) in [5, 5.41) is 14.5. The third-order valence-electron chi connectivity index (χ3n) is 12.4. The van der Waals surface area contributed by atoms with Crippen molar-refractivity contribution in [2.45, 2.75) is 38.4 Å². The minimum Gasteiger partial charge on any atom is -0.508 e. The van der Waals surface area contributed by atoms with E-state index in [1.54, 1.807) is 24.3 Å². The third-order valence-corrected chi connectivity index (χ3v) is 12.4. The van der Waals surface area contributed by atoms with Crippen LogP contribution in [0.3, 0.4) is 0 Å². The zero-order chi connectivity index (χ0) is 38.3. The second kappa shape index (κ2) is 12.9. The first kappa shape index (κ1) is 34.2. The van der Waals surface area contributed by atoms with Gasteiger partial charge in [0.2, 0.25) is 17.7 Å². The number of nitrogens with one attached hydrogen (secondary N) is 1. The number of phenols is 1. The maximum absolute atomic E-state index is 13.6. The van der Waals surface area contributed by atoms with E-state index >= 15 is 0 Å². The molecule has 11 heteroatoms. The first-order valence-corrected chi connectivity index (χ1v) is 19.2. The summed E-state index contributed by atoms with van der Waals surface area (Å²) in [6, 6.07) is 31.3. The van der Waals surface area contributed by atoms with E-state index in [1.807, 2.05) is 29.2 Å².